The van der Waals surface area contributed by atoms with E-state index in [2.05, 4.69) is 10.6 Å². The Morgan fingerprint density at radius 2 is 1.97 bits per heavy atom. The highest BCUT2D eigenvalue weighted by Gasteiger charge is 2.65. The van der Waals surface area contributed by atoms with Crippen molar-refractivity contribution in [2.45, 2.75) is 51.9 Å². The fourth-order valence-electron chi connectivity index (χ4n) is 4.55. The van der Waals surface area contributed by atoms with E-state index in [-0.39, 0.29) is 11.9 Å². The van der Waals surface area contributed by atoms with Crippen LogP contribution in [0.3, 0.4) is 0 Å². The van der Waals surface area contributed by atoms with E-state index in [4.69, 9.17) is 9.26 Å². The Hall–Kier alpha value is -3.17. The van der Waals surface area contributed by atoms with E-state index in [0.717, 1.165) is 28.1 Å². The van der Waals surface area contributed by atoms with Gasteiger partial charge in [0.15, 0.2) is 0 Å². The Labute approximate surface area is 186 Å². The highest BCUT2D eigenvalue weighted by Crippen LogP contribution is 2.49. The molecule has 1 N–H and O–H groups in total. The molecule has 168 valence electrons. The van der Waals surface area contributed by atoms with Crippen molar-refractivity contribution in [2.75, 3.05) is 13.7 Å². The van der Waals surface area contributed by atoms with Gasteiger partial charge in [0.1, 0.15) is 11.3 Å². The Bertz CT molecular complexity index is 1080. The number of rotatable bonds is 7. The first-order valence-corrected chi connectivity index (χ1v) is 10.8. The average Bonchev–Trinajstić information content (AvgIpc) is 3.30. The summed E-state index contributed by atoms with van der Waals surface area (Å²) in [5.41, 5.74) is 7.06. The zero-order valence-electron chi connectivity index (χ0n) is 18.6. The third-order valence-corrected chi connectivity index (χ3v) is 6.47. The Balaban J connectivity index is 1.35. The highest BCUT2D eigenvalue weighted by molar-refractivity contribution is 6.10. The molecule has 9 heteroatoms. The number of hydrogen-bond acceptors (Lipinski definition) is 7. The molecule has 3 aliphatic rings. The Kier molecular flexibility index (Phi) is 5.02. The number of hydrazine groups is 1. The van der Waals surface area contributed by atoms with Crippen molar-refractivity contribution >= 4 is 11.9 Å². The number of nitrogens with one attached hydrogen (secondary N) is 1. The van der Waals surface area contributed by atoms with Crippen molar-refractivity contribution in [3.63, 3.8) is 0 Å². The Morgan fingerprint density at radius 3 is 2.66 bits per heavy atom. The molecule has 2 aliphatic heterocycles. The van der Waals surface area contributed by atoms with Crippen LogP contribution in [0.4, 0.5) is 4.79 Å². The van der Waals surface area contributed by atoms with Crippen molar-refractivity contribution in [3.05, 3.63) is 64.3 Å². The lowest BCUT2D eigenvalue weighted by atomic mass is 10.1. The largest absolute Gasteiger partial charge is 0.380 e. The molecular formula is C23H27N5O4. The summed E-state index contributed by atoms with van der Waals surface area (Å²) in [7, 11) is 1.66. The number of aromatic nitrogens is 1. The quantitative estimate of drug-likeness (QED) is 0.666. The van der Waals surface area contributed by atoms with Crippen molar-refractivity contribution in [3.8, 4) is 0 Å². The van der Waals surface area contributed by atoms with Crippen LogP contribution in [-0.4, -0.2) is 51.1 Å². The molecule has 1 saturated heterocycles. The standard InChI is InChI=1S/C23H27N5O4/c1-15-20(16(2)32-25-15)13-26-12-19(10-24-26)28-21(29)23(7-8-23)27(22(28)30)11-17-5-4-6-18(9-17)14-31-3/h4-6,9,12,24H,7-8,10-11,13-14H2,1-3H3. The molecule has 1 aromatic carbocycles. The molecule has 3 amide bonds. The van der Waals surface area contributed by atoms with Gasteiger partial charge in [0, 0.05) is 25.4 Å². The molecule has 2 aromatic rings. The zero-order valence-corrected chi connectivity index (χ0v) is 18.6. The lowest BCUT2D eigenvalue weighted by Crippen LogP contribution is -2.36. The first-order chi connectivity index (χ1) is 15.4. The second kappa shape index (κ2) is 7.75. The van der Waals surface area contributed by atoms with E-state index in [1.807, 2.05) is 49.3 Å². The number of aryl methyl sites for hydroxylation is 2. The predicted molar refractivity (Wildman–Crippen MR) is 115 cm³/mol. The molecule has 5 rings (SSSR count). The fourth-order valence-corrected chi connectivity index (χ4v) is 4.55. The maximum Gasteiger partial charge on any atom is 0.332 e. The number of nitrogens with zero attached hydrogens (tertiary/aromatic N) is 4. The monoisotopic (exact) mass is 437 g/mol. The summed E-state index contributed by atoms with van der Waals surface area (Å²) in [6.07, 6.45) is 3.24. The van der Waals surface area contributed by atoms with Gasteiger partial charge in [-0.3, -0.25) is 4.79 Å². The van der Waals surface area contributed by atoms with Gasteiger partial charge < -0.3 is 19.2 Å². The van der Waals surface area contributed by atoms with Crippen LogP contribution in [0.25, 0.3) is 0 Å². The summed E-state index contributed by atoms with van der Waals surface area (Å²) in [6, 6.07) is 7.71. The van der Waals surface area contributed by atoms with Gasteiger partial charge in [0.2, 0.25) is 0 Å². The molecule has 32 heavy (non-hydrogen) atoms. The molecule has 1 spiro atoms. The first-order valence-electron chi connectivity index (χ1n) is 10.8. The third kappa shape index (κ3) is 3.37. The van der Waals surface area contributed by atoms with Crippen molar-refractivity contribution in [1.82, 2.24) is 25.4 Å². The lowest BCUT2D eigenvalue weighted by molar-refractivity contribution is -0.128. The average molecular weight is 438 g/mol. The zero-order chi connectivity index (χ0) is 22.5. The van der Waals surface area contributed by atoms with E-state index in [1.54, 1.807) is 12.0 Å². The number of urea groups is 1. The van der Waals surface area contributed by atoms with Gasteiger partial charge in [-0.15, -0.1) is 0 Å². The summed E-state index contributed by atoms with van der Waals surface area (Å²) in [5, 5.41) is 5.86. The molecule has 2 fully saturated rings. The summed E-state index contributed by atoms with van der Waals surface area (Å²) < 4.78 is 10.5. The van der Waals surface area contributed by atoms with Crippen LogP contribution >= 0.6 is 0 Å². The molecule has 0 unspecified atom stereocenters. The van der Waals surface area contributed by atoms with Crippen molar-refractivity contribution in [1.29, 1.82) is 0 Å². The Morgan fingerprint density at radius 1 is 1.19 bits per heavy atom. The number of benzene rings is 1. The van der Waals surface area contributed by atoms with Crippen LogP contribution in [0.1, 0.15) is 41.0 Å². The SMILES string of the molecule is COCc1cccc(CN2C(=O)N(C3=CN(Cc4c(C)noc4C)NC3)C(=O)C23CC3)c1. The molecule has 9 nitrogen and oxygen atoms in total. The van der Waals surface area contributed by atoms with Gasteiger partial charge in [-0.2, -0.15) is 0 Å². The fraction of sp³-hybridized carbons (Fsp3) is 0.435. The van der Waals surface area contributed by atoms with Crippen molar-refractivity contribution < 1.29 is 18.8 Å². The molecular weight excluding hydrogens is 410 g/mol. The number of hydrogen-bond donors (Lipinski definition) is 1. The maximum atomic E-state index is 13.4. The normalized spacial score (nSPS) is 19.5. The molecule has 1 saturated carbocycles. The van der Waals surface area contributed by atoms with E-state index >= 15 is 0 Å². The van der Waals surface area contributed by atoms with Crippen LogP contribution in [0.2, 0.25) is 0 Å². The summed E-state index contributed by atoms with van der Waals surface area (Å²) in [5.74, 6) is 0.640. The van der Waals surface area contributed by atoms with Gasteiger partial charge in [-0.25, -0.2) is 15.1 Å². The van der Waals surface area contributed by atoms with Crippen LogP contribution in [0.5, 0.6) is 0 Å². The number of amides is 3. The van der Waals surface area contributed by atoms with E-state index in [1.165, 1.54) is 4.90 Å². The summed E-state index contributed by atoms with van der Waals surface area (Å²) >= 11 is 0. The molecule has 3 heterocycles. The molecule has 0 atom stereocenters. The topological polar surface area (TPSA) is 91.2 Å². The summed E-state index contributed by atoms with van der Waals surface area (Å²) in [6.45, 7) is 5.64. The number of carbonyl (C=O) groups excluding carboxylic acids is 2. The van der Waals surface area contributed by atoms with E-state index in [0.29, 0.717) is 44.8 Å². The number of ether oxygens (including phenoxy) is 1. The summed E-state index contributed by atoms with van der Waals surface area (Å²) in [4.78, 5) is 29.8. The van der Waals surface area contributed by atoms with Gasteiger partial charge in [-0.1, -0.05) is 29.4 Å². The molecule has 1 aromatic heterocycles. The minimum absolute atomic E-state index is 0.122. The second-order valence-corrected chi connectivity index (χ2v) is 8.68. The van der Waals surface area contributed by atoms with Gasteiger partial charge in [-0.05, 0) is 37.8 Å². The molecule has 1 aliphatic carbocycles. The van der Waals surface area contributed by atoms with Crippen LogP contribution in [0.15, 0.2) is 40.7 Å². The maximum absolute atomic E-state index is 13.4. The third-order valence-electron chi connectivity index (χ3n) is 6.47. The van der Waals surface area contributed by atoms with Gasteiger partial charge in [0.05, 0.1) is 31.1 Å². The van der Waals surface area contributed by atoms with E-state index in [9.17, 15) is 9.59 Å². The lowest BCUT2D eigenvalue weighted by Gasteiger charge is -2.21. The van der Waals surface area contributed by atoms with E-state index < -0.39 is 5.54 Å². The highest BCUT2D eigenvalue weighted by atomic mass is 16.5. The number of methoxy groups -OCH3 is 1. The van der Waals surface area contributed by atoms with Crippen LogP contribution < -0.4 is 5.43 Å². The second-order valence-electron chi connectivity index (χ2n) is 8.68. The van der Waals surface area contributed by atoms with Crippen LogP contribution in [0, 0.1) is 13.8 Å². The van der Waals surface area contributed by atoms with Gasteiger partial charge in [0.25, 0.3) is 5.91 Å². The molecule has 0 bridgehead atoms. The van der Waals surface area contributed by atoms with Gasteiger partial charge >= 0.3 is 6.03 Å². The predicted octanol–water partition coefficient (Wildman–Crippen LogP) is 2.60. The minimum Gasteiger partial charge on any atom is -0.380 e. The smallest absolute Gasteiger partial charge is 0.332 e. The molecule has 0 radical (unpaired) electrons. The first kappa shape index (κ1) is 20.7. The minimum atomic E-state index is -0.704. The van der Waals surface area contributed by atoms with Crippen LogP contribution in [-0.2, 0) is 29.2 Å². The number of carbonyl (C=O) groups is 2. The number of imide groups is 1. The van der Waals surface area contributed by atoms with Crippen molar-refractivity contribution in [2.24, 2.45) is 0 Å².